The minimum atomic E-state index is -0.419. The van der Waals surface area contributed by atoms with Crippen molar-refractivity contribution >= 4 is 40.6 Å². The smallest absolute Gasteiger partial charge is 0.273 e. The quantitative estimate of drug-likeness (QED) is 0.436. The van der Waals surface area contributed by atoms with Gasteiger partial charge in [0, 0.05) is 46.9 Å². The van der Waals surface area contributed by atoms with E-state index in [4.69, 9.17) is 5.84 Å². The maximum absolute atomic E-state index is 10.8. The zero-order valence-electron chi connectivity index (χ0n) is 10.3. The first-order valence-electron chi connectivity index (χ1n) is 5.88. The summed E-state index contributed by atoms with van der Waals surface area (Å²) in [6.45, 7) is 0.808. The monoisotopic (exact) mass is 300 g/mol. The van der Waals surface area contributed by atoms with Gasteiger partial charge in [-0.05, 0) is 6.07 Å². The van der Waals surface area contributed by atoms with E-state index in [9.17, 15) is 10.1 Å². The summed E-state index contributed by atoms with van der Waals surface area (Å²) in [4.78, 5) is 10.4. The van der Waals surface area contributed by atoms with Crippen molar-refractivity contribution in [1.29, 1.82) is 0 Å². The van der Waals surface area contributed by atoms with Gasteiger partial charge in [-0.2, -0.15) is 23.5 Å². The molecule has 19 heavy (non-hydrogen) atoms. The predicted molar refractivity (Wildman–Crippen MR) is 83.0 cm³/mol. The molecule has 104 valence electrons. The lowest BCUT2D eigenvalue weighted by Gasteiger charge is -2.21. The molecule has 0 aliphatic carbocycles. The maximum Gasteiger partial charge on any atom is 0.273 e. The lowest BCUT2D eigenvalue weighted by Crippen LogP contribution is -2.23. The molecule has 1 unspecified atom stereocenters. The molecule has 1 saturated heterocycles. The van der Waals surface area contributed by atoms with E-state index in [-0.39, 0.29) is 5.69 Å². The van der Waals surface area contributed by atoms with Crippen LogP contribution in [0.1, 0.15) is 0 Å². The number of nitro groups is 1. The Morgan fingerprint density at radius 3 is 2.79 bits per heavy atom. The molecule has 0 aromatic heterocycles. The summed E-state index contributed by atoms with van der Waals surface area (Å²) in [5, 5.41) is 14.6. The van der Waals surface area contributed by atoms with Crippen LogP contribution in [0.25, 0.3) is 0 Å². The lowest BCUT2D eigenvalue weighted by atomic mass is 10.2. The second-order valence-corrected chi connectivity index (χ2v) is 6.68. The Kier molecular flexibility index (Phi) is 5.17. The number of nitrogen functional groups attached to an aromatic ring is 1. The molecule has 0 bridgehead atoms. The number of hydrazine groups is 1. The van der Waals surface area contributed by atoms with E-state index in [1.807, 2.05) is 23.5 Å². The van der Waals surface area contributed by atoms with Crippen LogP contribution in [0.3, 0.4) is 0 Å². The molecule has 1 aromatic rings. The van der Waals surface area contributed by atoms with Gasteiger partial charge in [0.05, 0.1) is 10.6 Å². The topological polar surface area (TPSA) is 93.2 Å². The summed E-state index contributed by atoms with van der Waals surface area (Å²) in [6.07, 6.45) is 0. The Morgan fingerprint density at radius 1 is 1.37 bits per heavy atom. The number of hydrogen-bond donors (Lipinski definition) is 3. The Labute approximate surface area is 120 Å². The van der Waals surface area contributed by atoms with Crippen molar-refractivity contribution in [1.82, 2.24) is 0 Å². The summed E-state index contributed by atoms with van der Waals surface area (Å²) in [5.74, 6) is 8.81. The third kappa shape index (κ3) is 4.19. The summed E-state index contributed by atoms with van der Waals surface area (Å²) < 4.78 is 0. The van der Waals surface area contributed by atoms with Crippen LogP contribution in [0.5, 0.6) is 0 Å². The molecule has 4 N–H and O–H groups in total. The van der Waals surface area contributed by atoms with Crippen molar-refractivity contribution in [3.8, 4) is 0 Å². The van der Waals surface area contributed by atoms with Gasteiger partial charge in [-0.15, -0.1) is 0 Å². The number of nitro benzene ring substituents is 1. The summed E-state index contributed by atoms with van der Waals surface area (Å²) in [5.41, 5.74) is 3.73. The molecule has 6 nitrogen and oxygen atoms in total. The first-order chi connectivity index (χ1) is 9.19. The van der Waals surface area contributed by atoms with Gasteiger partial charge in [0.15, 0.2) is 0 Å². The highest BCUT2D eigenvalue weighted by atomic mass is 32.2. The van der Waals surface area contributed by atoms with Crippen LogP contribution in [0, 0.1) is 10.1 Å². The van der Waals surface area contributed by atoms with Gasteiger partial charge >= 0.3 is 0 Å². The number of nitrogens with zero attached hydrogens (tertiary/aromatic N) is 1. The van der Waals surface area contributed by atoms with Crippen molar-refractivity contribution < 1.29 is 4.92 Å². The molecular formula is C11H16N4O2S2. The molecule has 0 saturated carbocycles. The molecule has 1 fully saturated rings. The van der Waals surface area contributed by atoms with Crippen molar-refractivity contribution in [2.45, 2.75) is 5.25 Å². The number of thioether (sulfide) groups is 2. The van der Waals surface area contributed by atoms with Crippen molar-refractivity contribution in [2.75, 3.05) is 34.5 Å². The van der Waals surface area contributed by atoms with Crippen LogP contribution < -0.4 is 16.6 Å². The van der Waals surface area contributed by atoms with E-state index < -0.39 is 4.92 Å². The zero-order chi connectivity index (χ0) is 13.7. The largest absolute Gasteiger partial charge is 0.384 e. The minimum absolute atomic E-state index is 0.0311. The first-order valence-corrected chi connectivity index (χ1v) is 8.08. The molecule has 1 heterocycles. The second kappa shape index (κ2) is 6.88. The Balaban J connectivity index is 2.02. The van der Waals surface area contributed by atoms with E-state index in [1.165, 1.54) is 23.6 Å². The van der Waals surface area contributed by atoms with Gasteiger partial charge in [-0.1, -0.05) is 0 Å². The van der Waals surface area contributed by atoms with Crippen LogP contribution in [-0.4, -0.2) is 34.0 Å². The molecule has 1 aliphatic rings. The standard InChI is InChI=1S/C11H16N4O2S2/c12-14-9-3-8(4-10(5-9)15(16)17)13-6-11-7-18-1-2-19-11/h3-5,11,13-14H,1-2,6-7,12H2. The van der Waals surface area contributed by atoms with E-state index in [0.29, 0.717) is 10.9 Å². The number of non-ortho nitro benzene ring substituents is 1. The summed E-state index contributed by atoms with van der Waals surface area (Å²) in [6, 6.07) is 4.71. The maximum atomic E-state index is 10.8. The van der Waals surface area contributed by atoms with Gasteiger partial charge in [-0.3, -0.25) is 16.0 Å². The average Bonchev–Trinajstić information content (AvgIpc) is 2.45. The molecule has 1 aromatic carbocycles. The molecule has 8 heteroatoms. The van der Waals surface area contributed by atoms with Crippen molar-refractivity contribution in [2.24, 2.45) is 5.84 Å². The van der Waals surface area contributed by atoms with E-state index in [2.05, 4.69) is 10.7 Å². The van der Waals surface area contributed by atoms with Gasteiger partial charge in [0.1, 0.15) is 0 Å². The van der Waals surface area contributed by atoms with Crippen LogP contribution in [0.4, 0.5) is 17.1 Å². The van der Waals surface area contributed by atoms with Gasteiger partial charge < -0.3 is 10.7 Å². The molecule has 0 amide bonds. The average molecular weight is 300 g/mol. The highest BCUT2D eigenvalue weighted by Crippen LogP contribution is 2.26. The number of anilines is 2. The van der Waals surface area contributed by atoms with E-state index in [1.54, 1.807) is 6.07 Å². The Bertz CT molecular complexity index is 452. The molecule has 2 rings (SSSR count). The predicted octanol–water partition coefficient (Wildman–Crippen LogP) is 2.14. The van der Waals surface area contributed by atoms with Crippen LogP contribution in [0.2, 0.25) is 0 Å². The fraction of sp³-hybridized carbons (Fsp3) is 0.455. The molecule has 1 aliphatic heterocycles. The number of nitrogens with two attached hydrogens (primary N) is 1. The van der Waals surface area contributed by atoms with E-state index >= 15 is 0 Å². The molecule has 0 spiro atoms. The normalized spacial score (nSPS) is 18.9. The third-order valence-electron chi connectivity index (χ3n) is 2.71. The first kappa shape index (κ1) is 14.3. The Morgan fingerprint density at radius 2 is 2.16 bits per heavy atom. The Hall–Kier alpha value is -1.12. The highest BCUT2D eigenvalue weighted by Gasteiger charge is 2.15. The van der Waals surface area contributed by atoms with Crippen LogP contribution >= 0.6 is 23.5 Å². The molecule has 0 radical (unpaired) electrons. The summed E-state index contributed by atoms with van der Waals surface area (Å²) in [7, 11) is 0. The van der Waals surface area contributed by atoms with Gasteiger partial charge in [-0.25, -0.2) is 0 Å². The van der Waals surface area contributed by atoms with Gasteiger partial charge in [0.25, 0.3) is 5.69 Å². The van der Waals surface area contributed by atoms with Crippen LogP contribution in [0.15, 0.2) is 18.2 Å². The molecule has 1 atom stereocenters. The highest BCUT2D eigenvalue weighted by molar-refractivity contribution is 8.06. The minimum Gasteiger partial charge on any atom is -0.384 e. The van der Waals surface area contributed by atoms with Gasteiger partial charge in [0.2, 0.25) is 0 Å². The number of rotatable bonds is 5. The summed E-state index contributed by atoms with van der Waals surface area (Å²) >= 11 is 3.90. The second-order valence-electron chi connectivity index (χ2n) is 4.12. The lowest BCUT2D eigenvalue weighted by molar-refractivity contribution is -0.384. The SMILES string of the molecule is NNc1cc(NCC2CSCCS2)cc([N+](=O)[O-])c1. The van der Waals surface area contributed by atoms with Crippen LogP contribution in [-0.2, 0) is 0 Å². The third-order valence-corrected chi connectivity index (χ3v) is 5.56. The fourth-order valence-electron chi connectivity index (χ4n) is 1.79. The number of benzene rings is 1. The number of nitrogens with one attached hydrogen (secondary N) is 2. The molecular weight excluding hydrogens is 284 g/mol. The fourth-order valence-corrected chi connectivity index (χ4v) is 4.40. The zero-order valence-corrected chi connectivity index (χ0v) is 11.9. The number of hydrogen-bond acceptors (Lipinski definition) is 7. The van der Waals surface area contributed by atoms with E-state index in [0.717, 1.165) is 18.0 Å². The van der Waals surface area contributed by atoms with Crippen molar-refractivity contribution in [3.05, 3.63) is 28.3 Å². The van der Waals surface area contributed by atoms with Crippen molar-refractivity contribution in [3.63, 3.8) is 0 Å².